The summed E-state index contributed by atoms with van der Waals surface area (Å²) in [5, 5.41) is 3.25. The van der Waals surface area contributed by atoms with Crippen LogP contribution in [0.2, 0.25) is 5.02 Å². The molecule has 3 aromatic rings. The van der Waals surface area contributed by atoms with Gasteiger partial charge in [-0.15, -0.1) is 11.8 Å². The van der Waals surface area contributed by atoms with Crippen LogP contribution < -0.4 is 5.32 Å². The molecule has 0 aliphatic carbocycles. The molecule has 0 spiro atoms. The number of thioether (sulfide) groups is 1. The highest BCUT2D eigenvalue weighted by Crippen LogP contribution is 2.22. The Bertz CT molecular complexity index is 1060. The zero-order valence-electron chi connectivity index (χ0n) is 18.3. The first-order chi connectivity index (χ1) is 16.0. The van der Waals surface area contributed by atoms with Gasteiger partial charge in [0.15, 0.2) is 0 Å². The van der Waals surface area contributed by atoms with E-state index in [9.17, 15) is 14.0 Å². The third kappa shape index (κ3) is 7.34. The van der Waals surface area contributed by atoms with Crippen molar-refractivity contribution >= 4 is 35.2 Å². The lowest BCUT2D eigenvalue weighted by Gasteiger charge is -2.31. The quantitative estimate of drug-likeness (QED) is 0.435. The summed E-state index contributed by atoms with van der Waals surface area (Å²) in [6.45, 7) is 0.223. The summed E-state index contributed by atoms with van der Waals surface area (Å²) in [7, 11) is 1.57. The predicted octanol–water partition coefficient (Wildman–Crippen LogP) is 5.10. The Hall–Kier alpha value is -2.83. The third-order valence-corrected chi connectivity index (χ3v) is 6.58. The maximum Gasteiger partial charge on any atom is 0.242 e. The fourth-order valence-corrected chi connectivity index (χ4v) is 4.52. The van der Waals surface area contributed by atoms with Crippen LogP contribution in [0.1, 0.15) is 16.7 Å². The number of nitrogens with zero attached hydrogens (tertiary/aromatic N) is 1. The van der Waals surface area contributed by atoms with E-state index in [1.807, 2.05) is 48.5 Å². The molecule has 33 heavy (non-hydrogen) atoms. The van der Waals surface area contributed by atoms with Crippen LogP contribution in [-0.4, -0.2) is 35.6 Å². The summed E-state index contributed by atoms with van der Waals surface area (Å²) in [5.41, 5.74) is 2.67. The highest BCUT2D eigenvalue weighted by molar-refractivity contribution is 7.99. The molecule has 0 radical (unpaired) electrons. The zero-order valence-corrected chi connectivity index (χ0v) is 19.9. The van der Waals surface area contributed by atoms with Crippen LogP contribution in [0.3, 0.4) is 0 Å². The summed E-state index contributed by atoms with van der Waals surface area (Å²) >= 11 is 7.80. The molecule has 0 bridgehead atoms. The largest absolute Gasteiger partial charge is 0.357 e. The molecule has 7 heteroatoms. The molecular formula is C26H26ClFN2O2S. The van der Waals surface area contributed by atoms with Crippen molar-refractivity contribution < 1.29 is 14.0 Å². The minimum absolute atomic E-state index is 0.161. The number of nitrogens with one attached hydrogen (secondary N) is 1. The molecule has 3 rings (SSSR count). The van der Waals surface area contributed by atoms with E-state index in [4.69, 9.17) is 11.6 Å². The topological polar surface area (TPSA) is 49.4 Å². The highest BCUT2D eigenvalue weighted by atomic mass is 35.5. The standard InChI is InChI=1S/C26H26ClFN2O2S/c1-29-26(32)24(15-19-7-3-2-4-8-19)30(16-21-9-5-6-10-23(21)27)25(31)18-33-17-20-11-13-22(28)14-12-20/h2-14,24H,15-18H2,1H3,(H,29,32)/t24-/m0/s1. The molecule has 1 N–H and O–H groups in total. The smallest absolute Gasteiger partial charge is 0.242 e. The molecule has 1 atom stereocenters. The van der Waals surface area contributed by atoms with Crippen LogP contribution in [0.15, 0.2) is 78.9 Å². The normalized spacial score (nSPS) is 11.6. The summed E-state index contributed by atoms with van der Waals surface area (Å²) in [5.74, 6) is 0.0637. The molecule has 0 saturated heterocycles. The Labute approximate surface area is 203 Å². The molecule has 0 heterocycles. The predicted molar refractivity (Wildman–Crippen MR) is 133 cm³/mol. The average molecular weight is 485 g/mol. The van der Waals surface area contributed by atoms with Crippen LogP contribution >= 0.6 is 23.4 Å². The molecule has 0 aliphatic heterocycles. The van der Waals surface area contributed by atoms with E-state index < -0.39 is 6.04 Å². The van der Waals surface area contributed by atoms with Gasteiger partial charge in [-0.2, -0.15) is 0 Å². The van der Waals surface area contributed by atoms with E-state index >= 15 is 0 Å². The maximum atomic E-state index is 13.4. The molecule has 172 valence electrons. The number of benzene rings is 3. The van der Waals surface area contributed by atoms with Crippen molar-refractivity contribution in [1.29, 1.82) is 0 Å². The minimum atomic E-state index is -0.687. The molecule has 0 aromatic heterocycles. The molecule has 0 saturated carbocycles. The number of hydrogen-bond donors (Lipinski definition) is 1. The van der Waals surface area contributed by atoms with Crippen LogP contribution in [0, 0.1) is 5.82 Å². The van der Waals surface area contributed by atoms with Gasteiger partial charge in [0.2, 0.25) is 11.8 Å². The fourth-order valence-electron chi connectivity index (χ4n) is 3.45. The third-order valence-electron chi connectivity index (χ3n) is 5.22. The molecule has 2 amide bonds. The van der Waals surface area contributed by atoms with E-state index in [-0.39, 0.29) is 29.9 Å². The first-order valence-electron chi connectivity index (χ1n) is 10.6. The molecule has 0 fully saturated rings. The second kappa shape index (κ2) is 12.4. The lowest BCUT2D eigenvalue weighted by atomic mass is 10.0. The van der Waals surface area contributed by atoms with Crippen molar-refractivity contribution in [1.82, 2.24) is 10.2 Å². The number of likely N-dealkylation sites (N-methyl/N-ethyl adjacent to an activating group) is 1. The van der Waals surface area contributed by atoms with Crippen LogP contribution in [0.5, 0.6) is 0 Å². The minimum Gasteiger partial charge on any atom is -0.357 e. The molecule has 4 nitrogen and oxygen atoms in total. The Kier molecular flexibility index (Phi) is 9.34. The zero-order chi connectivity index (χ0) is 23.6. The van der Waals surface area contributed by atoms with Gasteiger partial charge < -0.3 is 10.2 Å². The van der Waals surface area contributed by atoms with Gasteiger partial charge in [0, 0.05) is 30.8 Å². The Morgan fingerprint density at radius 2 is 1.64 bits per heavy atom. The highest BCUT2D eigenvalue weighted by Gasteiger charge is 2.30. The van der Waals surface area contributed by atoms with Gasteiger partial charge in [-0.3, -0.25) is 9.59 Å². The van der Waals surface area contributed by atoms with Gasteiger partial charge in [0.25, 0.3) is 0 Å². The number of halogens is 2. The molecule has 0 aliphatic rings. The van der Waals surface area contributed by atoms with Crippen LogP contribution in [0.4, 0.5) is 4.39 Å². The van der Waals surface area contributed by atoms with E-state index in [2.05, 4.69) is 5.32 Å². The molecule has 3 aromatic carbocycles. The second-order valence-electron chi connectivity index (χ2n) is 7.55. The van der Waals surface area contributed by atoms with E-state index in [0.29, 0.717) is 17.2 Å². The van der Waals surface area contributed by atoms with Crippen molar-refractivity contribution in [3.63, 3.8) is 0 Å². The van der Waals surface area contributed by atoms with E-state index in [0.717, 1.165) is 16.7 Å². The summed E-state index contributed by atoms with van der Waals surface area (Å²) < 4.78 is 13.1. The van der Waals surface area contributed by atoms with Crippen molar-refractivity contribution in [2.24, 2.45) is 0 Å². The van der Waals surface area contributed by atoms with Gasteiger partial charge >= 0.3 is 0 Å². The van der Waals surface area contributed by atoms with Gasteiger partial charge in [0.05, 0.1) is 5.75 Å². The van der Waals surface area contributed by atoms with Crippen molar-refractivity contribution in [2.75, 3.05) is 12.8 Å². The van der Waals surface area contributed by atoms with Crippen molar-refractivity contribution in [2.45, 2.75) is 24.8 Å². The maximum absolute atomic E-state index is 13.4. The van der Waals surface area contributed by atoms with Crippen LogP contribution in [-0.2, 0) is 28.3 Å². The fraction of sp³-hybridized carbons (Fsp3) is 0.231. The lowest BCUT2D eigenvalue weighted by molar-refractivity contribution is -0.139. The Balaban J connectivity index is 1.81. The first-order valence-corrected chi connectivity index (χ1v) is 12.1. The van der Waals surface area contributed by atoms with Crippen molar-refractivity contribution in [3.05, 3.63) is 106 Å². The van der Waals surface area contributed by atoms with Gasteiger partial charge in [-0.1, -0.05) is 72.3 Å². The SMILES string of the molecule is CNC(=O)[C@H](Cc1ccccc1)N(Cc1ccccc1Cl)C(=O)CSCc1ccc(F)cc1. The summed E-state index contributed by atoms with van der Waals surface area (Å²) in [6.07, 6.45) is 0.388. The molecule has 0 unspecified atom stereocenters. The van der Waals surface area contributed by atoms with Crippen molar-refractivity contribution in [3.8, 4) is 0 Å². The monoisotopic (exact) mass is 484 g/mol. The summed E-state index contributed by atoms with van der Waals surface area (Å²) in [6, 6.07) is 22.5. The van der Waals surface area contributed by atoms with Gasteiger partial charge in [-0.25, -0.2) is 4.39 Å². The van der Waals surface area contributed by atoms with E-state index in [1.54, 1.807) is 30.1 Å². The Morgan fingerprint density at radius 1 is 0.970 bits per heavy atom. The lowest BCUT2D eigenvalue weighted by Crippen LogP contribution is -2.50. The Morgan fingerprint density at radius 3 is 2.30 bits per heavy atom. The number of rotatable bonds is 10. The molecular weight excluding hydrogens is 459 g/mol. The van der Waals surface area contributed by atoms with Gasteiger partial charge in [0.1, 0.15) is 11.9 Å². The number of hydrogen-bond acceptors (Lipinski definition) is 3. The number of amides is 2. The average Bonchev–Trinajstić information content (AvgIpc) is 2.83. The van der Waals surface area contributed by atoms with E-state index in [1.165, 1.54) is 23.9 Å². The second-order valence-corrected chi connectivity index (χ2v) is 8.94. The first kappa shape index (κ1) is 24.8. The summed E-state index contributed by atoms with van der Waals surface area (Å²) in [4.78, 5) is 27.9. The van der Waals surface area contributed by atoms with Crippen LogP contribution in [0.25, 0.3) is 0 Å². The number of carbonyl (C=O) groups excluding carboxylic acids is 2. The van der Waals surface area contributed by atoms with Gasteiger partial charge in [-0.05, 0) is 34.9 Å². The number of carbonyl (C=O) groups is 2.